The first-order chi connectivity index (χ1) is 13.5. The number of nitriles is 1. The Morgan fingerprint density at radius 2 is 1.71 bits per heavy atom. The molecule has 4 rings (SSSR count). The van der Waals surface area contributed by atoms with Gasteiger partial charge in [0, 0.05) is 23.3 Å². The summed E-state index contributed by atoms with van der Waals surface area (Å²) in [5, 5.41) is 9.75. The maximum atomic E-state index is 13.2. The molecule has 0 saturated heterocycles. The van der Waals surface area contributed by atoms with Gasteiger partial charge in [0.2, 0.25) is 0 Å². The van der Waals surface area contributed by atoms with Crippen LogP contribution in [0.1, 0.15) is 5.56 Å². The van der Waals surface area contributed by atoms with Crippen molar-refractivity contribution in [1.82, 2.24) is 8.96 Å². The Morgan fingerprint density at radius 3 is 2.36 bits per heavy atom. The Bertz CT molecular complexity index is 1300. The lowest BCUT2D eigenvalue weighted by Gasteiger charge is -2.11. The Hall–Kier alpha value is -3.63. The van der Waals surface area contributed by atoms with E-state index in [0.29, 0.717) is 22.5 Å². The first-order valence-corrected chi connectivity index (χ1v) is 9.85. The molecule has 7 heteroatoms. The highest BCUT2D eigenvalue weighted by Crippen LogP contribution is 2.30. The van der Waals surface area contributed by atoms with Gasteiger partial charge in [0.05, 0.1) is 34.8 Å². The van der Waals surface area contributed by atoms with E-state index >= 15 is 0 Å². The zero-order valence-corrected chi connectivity index (χ0v) is 15.7. The van der Waals surface area contributed by atoms with E-state index in [2.05, 4.69) is 11.1 Å². The van der Waals surface area contributed by atoms with Crippen LogP contribution in [0, 0.1) is 11.3 Å². The lowest BCUT2D eigenvalue weighted by atomic mass is 10.1. The second-order valence-corrected chi connectivity index (χ2v) is 7.89. The van der Waals surface area contributed by atoms with Gasteiger partial charge in [0.15, 0.2) is 0 Å². The number of nitrogens with zero attached hydrogens (tertiary/aromatic N) is 3. The minimum atomic E-state index is -3.82. The highest BCUT2D eigenvalue weighted by Gasteiger charge is 2.21. The number of fused-ring (bicyclic) bond motifs is 1. The van der Waals surface area contributed by atoms with Crippen molar-refractivity contribution in [3.63, 3.8) is 0 Å². The summed E-state index contributed by atoms with van der Waals surface area (Å²) in [6.45, 7) is 0. The van der Waals surface area contributed by atoms with E-state index in [9.17, 15) is 8.42 Å². The molecule has 28 heavy (non-hydrogen) atoms. The molecule has 4 aromatic rings. The normalized spacial score (nSPS) is 11.3. The van der Waals surface area contributed by atoms with Crippen LogP contribution in [0.5, 0.6) is 5.75 Å². The molecule has 0 aliphatic carbocycles. The van der Waals surface area contributed by atoms with Crippen molar-refractivity contribution >= 4 is 20.9 Å². The van der Waals surface area contributed by atoms with Gasteiger partial charge in [-0.3, -0.25) is 4.98 Å². The van der Waals surface area contributed by atoms with Crippen LogP contribution in [0.3, 0.4) is 0 Å². The SMILES string of the molecule is COc1ccc(S(=O)(=O)n2ccc3ccnc(-c4ccc(C#N)cc4)c32)cc1. The van der Waals surface area contributed by atoms with Gasteiger partial charge in [-0.2, -0.15) is 5.26 Å². The molecule has 0 amide bonds. The molecule has 6 nitrogen and oxygen atoms in total. The van der Waals surface area contributed by atoms with Crippen LogP contribution in [0.15, 0.2) is 78.0 Å². The molecule has 0 aliphatic heterocycles. The Labute approximate surface area is 162 Å². The van der Waals surface area contributed by atoms with Crippen LogP contribution in [-0.2, 0) is 10.0 Å². The van der Waals surface area contributed by atoms with Crippen molar-refractivity contribution < 1.29 is 13.2 Å². The molecule has 138 valence electrons. The number of ether oxygens (including phenoxy) is 1. The molecule has 0 N–H and O–H groups in total. The minimum absolute atomic E-state index is 0.153. The van der Waals surface area contributed by atoms with Gasteiger partial charge in [0.25, 0.3) is 10.0 Å². The molecule has 2 heterocycles. The van der Waals surface area contributed by atoms with E-state index < -0.39 is 10.0 Å². The molecular formula is C21H15N3O3S. The fourth-order valence-electron chi connectivity index (χ4n) is 3.03. The Morgan fingerprint density at radius 1 is 1.00 bits per heavy atom. The van der Waals surface area contributed by atoms with Gasteiger partial charge in [0.1, 0.15) is 5.75 Å². The third kappa shape index (κ3) is 2.90. The number of benzene rings is 2. The summed E-state index contributed by atoms with van der Waals surface area (Å²) in [6.07, 6.45) is 3.17. The topological polar surface area (TPSA) is 85.0 Å². The van der Waals surface area contributed by atoms with Gasteiger partial charge in [-0.25, -0.2) is 12.4 Å². The maximum absolute atomic E-state index is 13.2. The van der Waals surface area contributed by atoms with Crippen LogP contribution in [0.4, 0.5) is 0 Å². The summed E-state index contributed by atoms with van der Waals surface area (Å²) in [4.78, 5) is 4.57. The first-order valence-electron chi connectivity index (χ1n) is 8.41. The number of methoxy groups -OCH3 is 1. The average Bonchev–Trinajstić information content (AvgIpc) is 3.19. The summed E-state index contributed by atoms with van der Waals surface area (Å²) in [6, 6.07) is 18.7. The van der Waals surface area contributed by atoms with Crippen molar-refractivity contribution in [3.05, 3.63) is 78.6 Å². The molecule has 0 aliphatic rings. The molecule has 0 atom stereocenters. The van der Waals surface area contributed by atoms with Crippen molar-refractivity contribution in [3.8, 4) is 23.1 Å². The van der Waals surface area contributed by atoms with E-state index in [1.54, 1.807) is 54.7 Å². The lowest BCUT2D eigenvalue weighted by Crippen LogP contribution is -2.12. The van der Waals surface area contributed by atoms with E-state index in [-0.39, 0.29) is 4.90 Å². The molecular weight excluding hydrogens is 374 g/mol. The number of hydrogen-bond donors (Lipinski definition) is 0. The quantitative estimate of drug-likeness (QED) is 0.530. The number of rotatable bonds is 4. The van der Waals surface area contributed by atoms with Crippen LogP contribution in [0.2, 0.25) is 0 Å². The second-order valence-electron chi connectivity index (χ2n) is 6.08. The molecule has 0 saturated carbocycles. The number of aromatic nitrogens is 2. The van der Waals surface area contributed by atoms with Crippen molar-refractivity contribution in [2.75, 3.05) is 7.11 Å². The van der Waals surface area contributed by atoms with E-state index in [0.717, 1.165) is 10.9 Å². The average molecular weight is 389 g/mol. The first kappa shape index (κ1) is 17.8. The van der Waals surface area contributed by atoms with Gasteiger partial charge in [-0.15, -0.1) is 0 Å². The number of pyridine rings is 1. The predicted molar refractivity (Wildman–Crippen MR) is 105 cm³/mol. The Kier molecular flexibility index (Phi) is 4.34. The number of hydrogen-bond acceptors (Lipinski definition) is 5. The van der Waals surface area contributed by atoms with E-state index in [1.807, 2.05) is 0 Å². The summed E-state index contributed by atoms with van der Waals surface area (Å²) >= 11 is 0. The summed E-state index contributed by atoms with van der Waals surface area (Å²) in [5.74, 6) is 0.580. The monoisotopic (exact) mass is 389 g/mol. The summed E-state index contributed by atoms with van der Waals surface area (Å²) < 4.78 is 32.8. The van der Waals surface area contributed by atoms with Gasteiger partial charge < -0.3 is 4.74 Å². The van der Waals surface area contributed by atoms with Crippen LogP contribution in [0.25, 0.3) is 22.2 Å². The lowest BCUT2D eigenvalue weighted by molar-refractivity contribution is 0.414. The van der Waals surface area contributed by atoms with Crippen molar-refractivity contribution in [1.29, 1.82) is 5.26 Å². The fourth-order valence-corrected chi connectivity index (χ4v) is 4.39. The van der Waals surface area contributed by atoms with Gasteiger partial charge in [-0.1, -0.05) is 12.1 Å². The van der Waals surface area contributed by atoms with E-state index in [4.69, 9.17) is 10.00 Å². The minimum Gasteiger partial charge on any atom is -0.497 e. The molecule has 0 radical (unpaired) electrons. The summed E-state index contributed by atoms with van der Waals surface area (Å²) in [5.41, 5.74) is 2.28. The van der Waals surface area contributed by atoms with Gasteiger partial charge in [-0.05, 0) is 48.5 Å². The zero-order valence-electron chi connectivity index (χ0n) is 14.9. The van der Waals surface area contributed by atoms with E-state index in [1.165, 1.54) is 29.4 Å². The van der Waals surface area contributed by atoms with Crippen LogP contribution < -0.4 is 4.74 Å². The fraction of sp³-hybridized carbons (Fsp3) is 0.0476. The highest BCUT2D eigenvalue weighted by molar-refractivity contribution is 7.90. The zero-order chi connectivity index (χ0) is 19.7. The highest BCUT2D eigenvalue weighted by atomic mass is 32.2. The Balaban J connectivity index is 1.91. The standard InChI is InChI=1S/C21H15N3O3S/c1-27-18-6-8-19(9-7-18)28(25,26)24-13-11-17-10-12-23-20(21(17)24)16-4-2-15(14-22)3-5-16/h2-13H,1H3. The molecule has 0 spiro atoms. The molecule has 2 aromatic heterocycles. The third-order valence-electron chi connectivity index (χ3n) is 4.47. The molecule has 0 unspecified atom stereocenters. The largest absolute Gasteiger partial charge is 0.497 e. The molecule has 0 bridgehead atoms. The van der Waals surface area contributed by atoms with Crippen molar-refractivity contribution in [2.45, 2.75) is 4.90 Å². The predicted octanol–water partition coefficient (Wildman–Crippen LogP) is 3.82. The smallest absolute Gasteiger partial charge is 0.268 e. The second kappa shape index (κ2) is 6.83. The molecule has 0 fully saturated rings. The van der Waals surface area contributed by atoms with Crippen molar-refractivity contribution in [2.24, 2.45) is 0 Å². The maximum Gasteiger partial charge on any atom is 0.268 e. The summed E-state index contributed by atoms with van der Waals surface area (Å²) in [7, 11) is -2.30. The third-order valence-corrected chi connectivity index (χ3v) is 6.16. The molecule has 2 aromatic carbocycles. The van der Waals surface area contributed by atoms with Crippen LogP contribution in [-0.4, -0.2) is 24.5 Å². The van der Waals surface area contributed by atoms with Gasteiger partial charge >= 0.3 is 0 Å². The van der Waals surface area contributed by atoms with Crippen LogP contribution >= 0.6 is 0 Å².